The Labute approximate surface area is 96.6 Å². The van der Waals surface area contributed by atoms with Crippen LogP contribution in [0.2, 0.25) is 0 Å². The summed E-state index contributed by atoms with van der Waals surface area (Å²) in [6, 6.07) is 0. The molecule has 92 valence electrons. The minimum Gasteiger partial charge on any atom is -0.481 e. The second-order valence-corrected chi connectivity index (χ2v) is 5.73. The maximum atomic E-state index is 12.0. The van der Waals surface area contributed by atoms with Crippen molar-refractivity contribution in [3.8, 4) is 0 Å². The lowest BCUT2D eigenvalue weighted by atomic mass is 10.1. The van der Waals surface area contributed by atoms with Crippen molar-refractivity contribution in [3.05, 3.63) is 0 Å². The molecule has 1 fully saturated rings. The molecule has 1 N–H and O–H groups in total. The maximum Gasteiger partial charge on any atom is 0.307 e. The molecule has 1 amide bonds. The van der Waals surface area contributed by atoms with E-state index < -0.39 is 17.3 Å². The van der Waals surface area contributed by atoms with Gasteiger partial charge >= 0.3 is 5.97 Å². The Kier molecular flexibility index (Phi) is 3.31. The van der Waals surface area contributed by atoms with Crippen LogP contribution in [0.3, 0.4) is 0 Å². The number of carbonyl (C=O) groups excluding carboxylic acids is 1. The fourth-order valence-corrected chi connectivity index (χ4v) is 2.43. The summed E-state index contributed by atoms with van der Waals surface area (Å²) >= 11 is 0. The van der Waals surface area contributed by atoms with E-state index in [1.54, 1.807) is 11.9 Å². The number of carboxylic acid groups (broad SMARTS) is 1. The number of rotatable bonds is 4. The van der Waals surface area contributed by atoms with E-state index in [4.69, 9.17) is 5.11 Å². The number of hydrogen-bond acceptors (Lipinski definition) is 2. The van der Waals surface area contributed by atoms with Gasteiger partial charge in [0.15, 0.2) is 0 Å². The quantitative estimate of drug-likeness (QED) is 0.791. The molecule has 0 aromatic rings. The lowest BCUT2D eigenvalue weighted by Crippen LogP contribution is -2.33. The summed E-state index contributed by atoms with van der Waals surface area (Å²) in [7, 11) is 1.75. The number of amides is 1. The fourth-order valence-electron chi connectivity index (χ4n) is 2.43. The van der Waals surface area contributed by atoms with E-state index in [0.29, 0.717) is 12.5 Å². The fraction of sp³-hybridized carbons (Fsp3) is 0.833. The van der Waals surface area contributed by atoms with Crippen LogP contribution in [0.15, 0.2) is 0 Å². The summed E-state index contributed by atoms with van der Waals surface area (Å²) in [5.74, 6) is -1.37. The third-order valence-corrected chi connectivity index (χ3v) is 3.37. The Balaban J connectivity index is 2.67. The van der Waals surface area contributed by atoms with Crippen LogP contribution in [0, 0.1) is 23.2 Å². The van der Waals surface area contributed by atoms with Gasteiger partial charge in [-0.2, -0.15) is 0 Å². The predicted molar refractivity (Wildman–Crippen MR) is 60.9 cm³/mol. The van der Waals surface area contributed by atoms with Gasteiger partial charge in [-0.3, -0.25) is 9.59 Å². The first-order chi connectivity index (χ1) is 7.19. The summed E-state index contributed by atoms with van der Waals surface area (Å²) in [4.78, 5) is 24.7. The molecule has 1 rings (SSSR count). The predicted octanol–water partition coefficient (Wildman–Crippen LogP) is 1.46. The van der Waals surface area contributed by atoms with Crippen LogP contribution in [0.4, 0.5) is 0 Å². The molecule has 16 heavy (non-hydrogen) atoms. The van der Waals surface area contributed by atoms with E-state index in [1.807, 2.05) is 27.7 Å². The van der Waals surface area contributed by atoms with Crippen LogP contribution in [0.25, 0.3) is 0 Å². The highest BCUT2D eigenvalue weighted by Crippen LogP contribution is 2.58. The smallest absolute Gasteiger partial charge is 0.307 e. The number of aliphatic carboxylic acids is 1. The summed E-state index contributed by atoms with van der Waals surface area (Å²) in [5, 5.41) is 9.00. The summed E-state index contributed by atoms with van der Waals surface area (Å²) in [5.41, 5.74) is -0.395. The third-order valence-electron chi connectivity index (χ3n) is 3.37. The van der Waals surface area contributed by atoms with Crippen molar-refractivity contribution < 1.29 is 14.7 Å². The molecule has 4 heteroatoms. The molecule has 0 bridgehead atoms. The Morgan fingerprint density at radius 3 is 2.12 bits per heavy atom. The monoisotopic (exact) mass is 227 g/mol. The molecule has 0 aliphatic heterocycles. The molecule has 1 aliphatic rings. The number of hydrogen-bond donors (Lipinski definition) is 1. The molecule has 0 saturated heterocycles. The van der Waals surface area contributed by atoms with Crippen LogP contribution in [-0.4, -0.2) is 35.5 Å². The van der Waals surface area contributed by atoms with E-state index in [0.717, 1.165) is 0 Å². The molecule has 0 aromatic carbocycles. The van der Waals surface area contributed by atoms with Gasteiger partial charge in [-0.15, -0.1) is 0 Å². The molecule has 1 saturated carbocycles. The topological polar surface area (TPSA) is 57.6 Å². The minimum atomic E-state index is -0.860. The van der Waals surface area contributed by atoms with Gasteiger partial charge in [0, 0.05) is 13.6 Å². The second kappa shape index (κ2) is 4.07. The normalized spacial score (nSPS) is 26.6. The van der Waals surface area contributed by atoms with Gasteiger partial charge in [-0.25, -0.2) is 0 Å². The van der Waals surface area contributed by atoms with Crippen LogP contribution in [0.5, 0.6) is 0 Å². The first-order valence-corrected chi connectivity index (χ1v) is 5.67. The zero-order valence-electron chi connectivity index (χ0n) is 10.7. The second-order valence-electron chi connectivity index (χ2n) is 5.73. The molecule has 2 atom stereocenters. The van der Waals surface area contributed by atoms with Crippen molar-refractivity contribution >= 4 is 11.9 Å². The van der Waals surface area contributed by atoms with Gasteiger partial charge in [0.1, 0.15) is 0 Å². The van der Waals surface area contributed by atoms with Crippen molar-refractivity contribution in [1.29, 1.82) is 0 Å². The van der Waals surface area contributed by atoms with Gasteiger partial charge in [0.2, 0.25) is 5.91 Å². The lowest BCUT2D eigenvalue weighted by molar-refractivity contribution is -0.141. The number of nitrogens with zero attached hydrogens (tertiary/aromatic N) is 1. The Bertz CT molecular complexity index is 309. The Morgan fingerprint density at radius 1 is 1.31 bits per heavy atom. The van der Waals surface area contributed by atoms with Crippen LogP contribution >= 0.6 is 0 Å². The first-order valence-electron chi connectivity index (χ1n) is 5.67. The number of carbonyl (C=O) groups is 2. The van der Waals surface area contributed by atoms with Crippen LogP contribution in [-0.2, 0) is 9.59 Å². The van der Waals surface area contributed by atoms with Crippen LogP contribution in [0.1, 0.15) is 27.7 Å². The lowest BCUT2D eigenvalue weighted by Gasteiger charge is -2.20. The van der Waals surface area contributed by atoms with E-state index in [1.165, 1.54) is 0 Å². The van der Waals surface area contributed by atoms with Crippen molar-refractivity contribution in [3.63, 3.8) is 0 Å². The van der Waals surface area contributed by atoms with Crippen molar-refractivity contribution in [2.24, 2.45) is 23.2 Å². The van der Waals surface area contributed by atoms with E-state index in [2.05, 4.69) is 0 Å². The average Bonchev–Trinajstić information content (AvgIpc) is 2.66. The molecule has 0 spiro atoms. The zero-order valence-corrected chi connectivity index (χ0v) is 10.7. The molecular formula is C12H21NO3. The van der Waals surface area contributed by atoms with Gasteiger partial charge in [-0.1, -0.05) is 27.7 Å². The Morgan fingerprint density at radius 2 is 1.81 bits per heavy atom. The summed E-state index contributed by atoms with van der Waals surface area (Å²) in [6.45, 7) is 8.44. The standard InChI is InChI=1S/C12H21NO3/c1-7(2)6-13(5)10(14)8-9(11(15)16)12(8,3)4/h7-9H,6H2,1-5H3,(H,15,16)/t8-,9+/m1/s1. The highest BCUT2D eigenvalue weighted by molar-refractivity contribution is 5.91. The van der Waals surface area contributed by atoms with Crippen LogP contribution < -0.4 is 0 Å². The molecule has 4 nitrogen and oxygen atoms in total. The molecule has 0 heterocycles. The van der Waals surface area contributed by atoms with E-state index in [-0.39, 0.29) is 11.8 Å². The largest absolute Gasteiger partial charge is 0.481 e. The maximum absolute atomic E-state index is 12.0. The van der Waals surface area contributed by atoms with E-state index >= 15 is 0 Å². The molecule has 0 radical (unpaired) electrons. The highest BCUT2D eigenvalue weighted by Gasteiger charge is 2.66. The molecule has 0 unspecified atom stereocenters. The highest BCUT2D eigenvalue weighted by atomic mass is 16.4. The van der Waals surface area contributed by atoms with Crippen molar-refractivity contribution in [2.45, 2.75) is 27.7 Å². The van der Waals surface area contributed by atoms with Crippen molar-refractivity contribution in [2.75, 3.05) is 13.6 Å². The summed E-state index contributed by atoms with van der Waals surface area (Å²) < 4.78 is 0. The average molecular weight is 227 g/mol. The number of carboxylic acids is 1. The SMILES string of the molecule is CC(C)CN(C)C(=O)[C@H]1[C@@H](C(=O)O)C1(C)C. The van der Waals surface area contributed by atoms with E-state index in [9.17, 15) is 9.59 Å². The van der Waals surface area contributed by atoms with Gasteiger partial charge in [0.05, 0.1) is 11.8 Å². The van der Waals surface area contributed by atoms with Crippen molar-refractivity contribution in [1.82, 2.24) is 4.90 Å². The Hall–Kier alpha value is -1.06. The molecular weight excluding hydrogens is 206 g/mol. The summed E-state index contributed by atoms with van der Waals surface area (Å²) in [6.07, 6.45) is 0. The molecule has 0 aromatic heterocycles. The van der Waals surface area contributed by atoms with Gasteiger partial charge in [0.25, 0.3) is 0 Å². The first kappa shape index (κ1) is 13.0. The third kappa shape index (κ3) is 2.20. The minimum absolute atomic E-state index is 0.0360. The van der Waals surface area contributed by atoms with Gasteiger partial charge in [-0.05, 0) is 11.3 Å². The molecule has 1 aliphatic carbocycles. The van der Waals surface area contributed by atoms with Gasteiger partial charge < -0.3 is 10.0 Å². The zero-order chi connectivity index (χ0) is 12.7.